The summed E-state index contributed by atoms with van der Waals surface area (Å²) in [6.07, 6.45) is 2.81. The third kappa shape index (κ3) is 7.68. The van der Waals surface area contributed by atoms with E-state index in [0.29, 0.717) is 5.88 Å². The zero-order valence-corrected chi connectivity index (χ0v) is 14.2. The third-order valence-electron chi connectivity index (χ3n) is 3.06. The molecule has 1 heterocycles. The number of pyridine rings is 1. The number of nitrogens with zero attached hydrogens (tertiary/aromatic N) is 2. The van der Waals surface area contributed by atoms with Crippen LogP contribution in [0.2, 0.25) is 0 Å². The zero-order valence-electron chi connectivity index (χ0n) is 11.8. The second kappa shape index (κ2) is 11.8. The standard InChI is InChI=1S/C16H19ClN2.2ClH/c17-10-13-19(14-15-6-2-1-3-7-15)12-9-16-8-4-5-11-18-16;;/h1-8,11H,9-10,12-14H2;2*1H. The number of rotatable bonds is 7. The summed E-state index contributed by atoms with van der Waals surface area (Å²) in [5.74, 6) is 0.662. The molecule has 0 fully saturated rings. The number of hydrogen-bond donors (Lipinski definition) is 0. The molecule has 0 spiro atoms. The molecular formula is C16H21Cl3N2. The molecule has 0 amide bonds. The summed E-state index contributed by atoms with van der Waals surface area (Å²) in [5.41, 5.74) is 2.46. The van der Waals surface area contributed by atoms with Crippen molar-refractivity contribution in [3.63, 3.8) is 0 Å². The van der Waals surface area contributed by atoms with Crippen molar-refractivity contribution >= 4 is 36.4 Å². The van der Waals surface area contributed by atoms with Crippen molar-refractivity contribution in [1.82, 2.24) is 9.88 Å². The second-order valence-corrected chi connectivity index (χ2v) is 4.90. The van der Waals surface area contributed by atoms with E-state index in [1.54, 1.807) is 0 Å². The predicted octanol–water partition coefficient (Wildman–Crippen LogP) is 4.21. The van der Waals surface area contributed by atoms with Gasteiger partial charge in [0.1, 0.15) is 0 Å². The Morgan fingerprint density at radius 3 is 2.24 bits per heavy atom. The van der Waals surface area contributed by atoms with E-state index in [1.807, 2.05) is 24.4 Å². The monoisotopic (exact) mass is 346 g/mol. The van der Waals surface area contributed by atoms with Crippen LogP contribution < -0.4 is 0 Å². The van der Waals surface area contributed by atoms with Crippen molar-refractivity contribution in [3.05, 3.63) is 66.0 Å². The molecule has 0 aliphatic rings. The Morgan fingerprint density at radius 2 is 1.62 bits per heavy atom. The van der Waals surface area contributed by atoms with Crippen molar-refractivity contribution in [3.8, 4) is 0 Å². The minimum Gasteiger partial charge on any atom is -0.298 e. The van der Waals surface area contributed by atoms with Crippen molar-refractivity contribution in [1.29, 1.82) is 0 Å². The van der Waals surface area contributed by atoms with Crippen LogP contribution in [0.25, 0.3) is 0 Å². The summed E-state index contributed by atoms with van der Waals surface area (Å²) < 4.78 is 0. The summed E-state index contributed by atoms with van der Waals surface area (Å²) in [7, 11) is 0. The summed E-state index contributed by atoms with van der Waals surface area (Å²) in [4.78, 5) is 6.73. The Morgan fingerprint density at radius 1 is 0.905 bits per heavy atom. The fraction of sp³-hybridized carbons (Fsp3) is 0.312. The van der Waals surface area contributed by atoms with Gasteiger partial charge in [0, 0.05) is 43.8 Å². The van der Waals surface area contributed by atoms with Gasteiger partial charge in [0.05, 0.1) is 0 Å². The van der Waals surface area contributed by atoms with E-state index in [9.17, 15) is 0 Å². The number of halogens is 3. The molecule has 116 valence electrons. The van der Waals surface area contributed by atoms with E-state index >= 15 is 0 Å². The highest BCUT2D eigenvalue weighted by atomic mass is 35.5. The molecule has 2 rings (SSSR count). The van der Waals surface area contributed by atoms with Gasteiger partial charge in [-0.2, -0.15) is 0 Å². The molecule has 0 saturated carbocycles. The fourth-order valence-electron chi connectivity index (χ4n) is 2.05. The molecule has 0 aliphatic carbocycles. The SMILES string of the molecule is Cl.Cl.ClCCN(CCc1ccccn1)Cc1ccccc1. The Bertz CT molecular complexity index is 465. The number of alkyl halides is 1. The van der Waals surface area contributed by atoms with Crippen LogP contribution >= 0.6 is 36.4 Å². The third-order valence-corrected chi connectivity index (χ3v) is 3.23. The van der Waals surface area contributed by atoms with E-state index in [2.05, 4.69) is 40.2 Å². The Balaban J connectivity index is 0.00000200. The highest BCUT2D eigenvalue weighted by Gasteiger charge is 2.06. The fourth-order valence-corrected chi connectivity index (χ4v) is 2.29. The van der Waals surface area contributed by atoms with E-state index in [0.717, 1.165) is 31.7 Å². The number of benzene rings is 1. The quantitative estimate of drug-likeness (QED) is 0.698. The molecular weight excluding hydrogens is 327 g/mol. The smallest absolute Gasteiger partial charge is 0.0416 e. The molecule has 1 aromatic heterocycles. The Kier molecular flexibility index (Phi) is 11.4. The molecule has 2 aromatic rings. The van der Waals surface area contributed by atoms with E-state index < -0.39 is 0 Å². The van der Waals surface area contributed by atoms with Gasteiger partial charge < -0.3 is 0 Å². The lowest BCUT2D eigenvalue weighted by Gasteiger charge is -2.21. The first-order valence-electron chi connectivity index (χ1n) is 6.60. The van der Waals surface area contributed by atoms with Gasteiger partial charge in [0.15, 0.2) is 0 Å². The van der Waals surface area contributed by atoms with Crippen LogP contribution in [-0.4, -0.2) is 28.9 Å². The number of aromatic nitrogens is 1. The molecule has 0 saturated heterocycles. The summed E-state index contributed by atoms with van der Waals surface area (Å²) in [5, 5.41) is 0. The van der Waals surface area contributed by atoms with Crippen LogP contribution in [0.4, 0.5) is 0 Å². The maximum Gasteiger partial charge on any atom is 0.0416 e. The molecule has 0 aliphatic heterocycles. The maximum absolute atomic E-state index is 5.89. The van der Waals surface area contributed by atoms with Gasteiger partial charge in [-0.1, -0.05) is 36.4 Å². The molecule has 0 unspecified atom stereocenters. The van der Waals surface area contributed by atoms with E-state index in [1.165, 1.54) is 5.56 Å². The highest BCUT2D eigenvalue weighted by molar-refractivity contribution is 6.18. The molecule has 21 heavy (non-hydrogen) atoms. The summed E-state index contributed by atoms with van der Waals surface area (Å²) in [6.45, 7) is 2.84. The average molecular weight is 348 g/mol. The van der Waals surface area contributed by atoms with Gasteiger partial charge in [0.2, 0.25) is 0 Å². The molecule has 0 N–H and O–H groups in total. The van der Waals surface area contributed by atoms with Gasteiger partial charge in [-0.25, -0.2) is 0 Å². The summed E-state index contributed by atoms with van der Waals surface area (Å²) in [6, 6.07) is 16.6. The van der Waals surface area contributed by atoms with Gasteiger partial charge in [-0.05, 0) is 17.7 Å². The van der Waals surface area contributed by atoms with E-state index in [-0.39, 0.29) is 24.8 Å². The first kappa shape index (κ1) is 20.2. The van der Waals surface area contributed by atoms with Gasteiger partial charge in [-0.3, -0.25) is 9.88 Å². The molecule has 1 aromatic carbocycles. The van der Waals surface area contributed by atoms with Crippen LogP contribution in [-0.2, 0) is 13.0 Å². The topological polar surface area (TPSA) is 16.1 Å². The van der Waals surface area contributed by atoms with Crippen LogP contribution in [0.1, 0.15) is 11.3 Å². The average Bonchev–Trinajstić information content (AvgIpc) is 2.47. The second-order valence-electron chi connectivity index (χ2n) is 4.52. The largest absolute Gasteiger partial charge is 0.298 e. The van der Waals surface area contributed by atoms with Crippen LogP contribution in [0.5, 0.6) is 0 Å². The van der Waals surface area contributed by atoms with Crippen LogP contribution in [0.15, 0.2) is 54.7 Å². The van der Waals surface area contributed by atoms with E-state index in [4.69, 9.17) is 11.6 Å². The molecule has 0 radical (unpaired) electrons. The van der Waals surface area contributed by atoms with Gasteiger partial charge in [0.25, 0.3) is 0 Å². The maximum atomic E-state index is 5.89. The lowest BCUT2D eigenvalue weighted by atomic mass is 10.2. The first-order chi connectivity index (χ1) is 9.38. The van der Waals surface area contributed by atoms with Gasteiger partial charge in [-0.15, -0.1) is 36.4 Å². The van der Waals surface area contributed by atoms with Gasteiger partial charge >= 0.3 is 0 Å². The van der Waals surface area contributed by atoms with Crippen molar-refractivity contribution in [2.45, 2.75) is 13.0 Å². The van der Waals surface area contributed by atoms with Crippen molar-refractivity contribution in [2.24, 2.45) is 0 Å². The summed E-state index contributed by atoms with van der Waals surface area (Å²) >= 11 is 5.89. The minimum absolute atomic E-state index is 0. The molecule has 5 heteroatoms. The van der Waals surface area contributed by atoms with Crippen LogP contribution in [0, 0.1) is 0 Å². The lowest BCUT2D eigenvalue weighted by Crippen LogP contribution is -2.27. The molecule has 2 nitrogen and oxygen atoms in total. The Hall–Kier alpha value is -0.800. The van der Waals surface area contributed by atoms with Crippen LogP contribution in [0.3, 0.4) is 0 Å². The van der Waals surface area contributed by atoms with Crippen molar-refractivity contribution < 1.29 is 0 Å². The zero-order chi connectivity index (χ0) is 13.3. The highest BCUT2D eigenvalue weighted by Crippen LogP contribution is 2.06. The number of hydrogen-bond acceptors (Lipinski definition) is 2. The molecule has 0 bridgehead atoms. The normalized spacial score (nSPS) is 9.81. The Labute approximate surface area is 144 Å². The van der Waals surface area contributed by atoms with Crippen molar-refractivity contribution in [2.75, 3.05) is 19.0 Å². The lowest BCUT2D eigenvalue weighted by molar-refractivity contribution is 0.284. The molecule has 0 atom stereocenters. The predicted molar refractivity (Wildman–Crippen MR) is 94.9 cm³/mol. The first-order valence-corrected chi connectivity index (χ1v) is 7.14. The minimum atomic E-state index is 0.